The molecule has 0 aliphatic rings. The molecule has 7 heteroatoms. The summed E-state index contributed by atoms with van der Waals surface area (Å²) in [6.45, 7) is 11.6. The Balaban J connectivity index is 0.00000392. The largest absolute Gasteiger partial charge is 0.496 e. The van der Waals surface area contributed by atoms with Gasteiger partial charge in [0.15, 0.2) is 5.96 Å². The van der Waals surface area contributed by atoms with Crippen LogP contribution >= 0.6 is 24.0 Å². The first kappa shape index (κ1) is 24.3. The van der Waals surface area contributed by atoms with Gasteiger partial charge in [-0.1, -0.05) is 17.7 Å². The van der Waals surface area contributed by atoms with E-state index in [0.717, 1.165) is 56.4 Å². The van der Waals surface area contributed by atoms with Gasteiger partial charge >= 0.3 is 0 Å². The number of nitrogens with one attached hydrogen (secondary N) is 2. The zero-order valence-electron chi connectivity index (χ0n) is 17.7. The maximum Gasteiger partial charge on any atom is 0.191 e. The van der Waals surface area contributed by atoms with E-state index in [1.54, 1.807) is 7.11 Å². The van der Waals surface area contributed by atoms with Gasteiger partial charge in [0.2, 0.25) is 0 Å². The average Bonchev–Trinajstić information content (AvgIpc) is 2.96. The Morgan fingerprint density at radius 1 is 1.18 bits per heavy atom. The van der Waals surface area contributed by atoms with Gasteiger partial charge in [0.25, 0.3) is 0 Å². The maximum atomic E-state index is 5.46. The summed E-state index contributed by atoms with van der Waals surface area (Å²) in [7, 11) is 1.72. The summed E-state index contributed by atoms with van der Waals surface area (Å²) in [6.07, 6.45) is 1.85. The second-order valence-corrected chi connectivity index (χ2v) is 6.76. The second-order valence-electron chi connectivity index (χ2n) is 6.76. The molecule has 28 heavy (non-hydrogen) atoms. The maximum absolute atomic E-state index is 5.46. The van der Waals surface area contributed by atoms with Gasteiger partial charge in [0.05, 0.1) is 12.8 Å². The quantitative estimate of drug-likeness (QED) is 0.240. The van der Waals surface area contributed by atoms with Crippen molar-refractivity contribution in [3.63, 3.8) is 0 Å². The lowest BCUT2D eigenvalue weighted by atomic mass is 10.1. The fourth-order valence-electron chi connectivity index (χ4n) is 3.07. The van der Waals surface area contributed by atoms with Crippen LogP contribution in [0.4, 0.5) is 0 Å². The lowest BCUT2D eigenvalue weighted by Crippen LogP contribution is -2.38. The molecule has 1 aromatic carbocycles. The molecule has 2 rings (SSSR count). The summed E-state index contributed by atoms with van der Waals surface area (Å²) in [5.41, 5.74) is 4.73. The van der Waals surface area contributed by atoms with Crippen LogP contribution in [0.2, 0.25) is 0 Å². The van der Waals surface area contributed by atoms with Gasteiger partial charge < -0.3 is 15.4 Å². The molecule has 0 saturated heterocycles. The highest BCUT2D eigenvalue weighted by atomic mass is 127. The van der Waals surface area contributed by atoms with Crippen LogP contribution in [-0.4, -0.2) is 42.5 Å². The molecule has 0 aliphatic carbocycles. The molecule has 0 spiro atoms. The van der Waals surface area contributed by atoms with Crippen LogP contribution < -0.4 is 15.4 Å². The van der Waals surface area contributed by atoms with Crippen LogP contribution in [0.1, 0.15) is 35.9 Å². The molecule has 156 valence electrons. The van der Waals surface area contributed by atoms with Crippen LogP contribution in [0.5, 0.6) is 5.75 Å². The van der Waals surface area contributed by atoms with Crippen molar-refractivity contribution in [1.29, 1.82) is 0 Å². The smallest absolute Gasteiger partial charge is 0.191 e. The van der Waals surface area contributed by atoms with Crippen molar-refractivity contribution >= 4 is 29.9 Å². The topological polar surface area (TPSA) is 63.5 Å². The lowest BCUT2D eigenvalue weighted by Gasteiger charge is -2.13. The molecule has 2 N–H and O–H groups in total. The van der Waals surface area contributed by atoms with E-state index in [-0.39, 0.29) is 24.0 Å². The van der Waals surface area contributed by atoms with E-state index in [4.69, 9.17) is 4.74 Å². The fraction of sp³-hybridized carbons (Fsp3) is 0.524. The minimum atomic E-state index is 0. The predicted octanol–water partition coefficient (Wildman–Crippen LogP) is 3.62. The molecule has 2 aromatic rings. The monoisotopic (exact) mass is 499 g/mol. The van der Waals surface area contributed by atoms with Crippen LogP contribution in [0, 0.1) is 20.8 Å². The number of hydrogen-bond acceptors (Lipinski definition) is 3. The number of aryl methyl sites for hydroxylation is 4. The summed E-state index contributed by atoms with van der Waals surface area (Å²) >= 11 is 0. The van der Waals surface area contributed by atoms with E-state index in [9.17, 15) is 0 Å². The third kappa shape index (κ3) is 7.69. The first-order valence-electron chi connectivity index (χ1n) is 9.70. The number of rotatable bonds is 9. The van der Waals surface area contributed by atoms with E-state index in [0.29, 0.717) is 0 Å². The molecule has 1 heterocycles. The first-order chi connectivity index (χ1) is 13.0. The van der Waals surface area contributed by atoms with Crippen molar-refractivity contribution in [3.8, 4) is 5.75 Å². The van der Waals surface area contributed by atoms with Crippen molar-refractivity contribution < 1.29 is 4.74 Å². The second kappa shape index (κ2) is 12.6. The average molecular weight is 499 g/mol. The number of aromatic nitrogens is 2. The Morgan fingerprint density at radius 2 is 1.96 bits per heavy atom. The van der Waals surface area contributed by atoms with Crippen molar-refractivity contribution in [2.45, 2.75) is 47.1 Å². The van der Waals surface area contributed by atoms with Gasteiger partial charge in [-0.25, -0.2) is 0 Å². The van der Waals surface area contributed by atoms with Crippen molar-refractivity contribution in [1.82, 2.24) is 20.4 Å². The van der Waals surface area contributed by atoms with Gasteiger partial charge in [-0.3, -0.25) is 9.67 Å². The Labute approximate surface area is 186 Å². The Hall–Kier alpha value is -1.77. The van der Waals surface area contributed by atoms with Crippen LogP contribution in [0.3, 0.4) is 0 Å². The number of methoxy groups -OCH3 is 1. The molecule has 0 unspecified atom stereocenters. The standard InChI is InChI=1S/C21H33N5O.HI/c1-6-22-21(23-11-7-13-26-18(4)15-17(3)25-26)24-12-10-19-14-16(2)8-9-20(19)27-5;/h8-9,14-15H,6-7,10-13H2,1-5H3,(H2,22,23,24);1H. The number of benzene rings is 1. The summed E-state index contributed by atoms with van der Waals surface area (Å²) in [5.74, 6) is 1.80. The molecule has 1 aromatic heterocycles. The molecular formula is C21H34IN5O. The Bertz CT molecular complexity index is 757. The third-order valence-corrected chi connectivity index (χ3v) is 4.37. The SMILES string of the molecule is CCNC(=NCCCn1nc(C)cc1C)NCCc1cc(C)ccc1OC.I. The van der Waals surface area contributed by atoms with Crippen LogP contribution in [0.15, 0.2) is 29.3 Å². The minimum Gasteiger partial charge on any atom is -0.496 e. The zero-order valence-corrected chi connectivity index (χ0v) is 20.0. The molecule has 0 bridgehead atoms. The van der Waals surface area contributed by atoms with Crippen LogP contribution in [-0.2, 0) is 13.0 Å². The highest BCUT2D eigenvalue weighted by Gasteiger charge is 2.04. The van der Waals surface area contributed by atoms with Gasteiger partial charge in [-0.2, -0.15) is 5.10 Å². The normalized spacial score (nSPS) is 11.1. The summed E-state index contributed by atoms with van der Waals surface area (Å²) in [5, 5.41) is 11.2. The summed E-state index contributed by atoms with van der Waals surface area (Å²) in [4.78, 5) is 4.68. The molecule has 0 fully saturated rings. The number of halogens is 1. The number of ether oxygens (including phenoxy) is 1. The fourth-order valence-corrected chi connectivity index (χ4v) is 3.07. The molecule has 0 aliphatic heterocycles. The minimum absolute atomic E-state index is 0. The van der Waals surface area contributed by atoms with E-state index >= 15 is 0 Å². The number of nitrogens with zero attached hydrogens (tertiary/aromatic N) is 3. The van der Waals surface area contributed by atoms with E-state index in [2.05, 4.69) is 64.4 Å². The zero-order chi connectivity index (χ0) is 19.6. The summed E-state index contributed by atoms with van der Waals surface area (Å²) < 4.78 is 7.51. The van der Waals surface area contributed by atoms with Crippen molar-refractivity contribution in [2.75, 3.05) is 26.7 Å². The Kier molecular flexibility index (Phi) is 11.0. The van der Waals surface area contributed by atoms with Gasteiger partial charge in [-0.05, 0) is 58.2 Å². The molecular weight excluding hydrogens is 465 g/mol. The molecule has 0 radical (unpaired) electrons. The van der Waals surface area contributed by atoms with E-state index in [1.165, 1.54) is 16.8 Å². The number of guanidine groups is 1. The molecule has 6 nitrogen and oxygen atoms in total. The molecule has 0 amide bonds. The number of aliphatic imine (C=N–C) groups is 1. The highest BCUT2D eigenvalue weighted by molar-refractivity contribution is 14.0. The first-order valence-corrected chi connectivity index (χ1v) is 9.70. The van der Waals surface area contributed by atoms with Gasteiger partial charge in [-0.15, -0.1) is 24.0 Å². The van der Waals surface area contributed by atoms with Crippen LogP contribution in [0.25, 0.3) is 0 Å². The van der Waals surface area contributed by atoms with E-state index in [1.807, 2.05) is 13.0 Å². The van der Waals surface area contributed by atoms with Gasteiger partial charge in [0, 0.05) is 31.9 Å². The highest BCUT2D eigenvalue weighted by Crippen LogP contribution is 2.19. The predicted molar refractivity (Wildman–Crippen MR) is 127 cm³/mol. The van der Waals surface area contributed by atoms with E-state index < -0.39 is 0 Å². The molecule has 0 saturated carbocycles. The third-order valence-electron chi connectivity index (χ3n) is 4.37. The van der Waals surface area contributed by atoms with Gasteiger partial charge in [0.1, 0.15) is 5.75 Å². The van der Waals surface area contributed by atoms with Crippen molar-refractivity contribution in [2.24, 2.45) is 4.99 Å². The summed E-state index contributed by atoms with van der Waals surface area (Å²) in [6, 6.07) is 8.39. The number of hydrogen-bond donors (Lipinski definition) is 2. The van der Waals surface area contributed by atoms with Crippen molar-refractivity contribution in [3.05, 3.63) is 46.8 Å². The lowest BCUT2D eigenvalue weighted by molar-refractivity contribution is 0.409. The Morgan fingerprint density at radius 3 is 2.61 bits per heavy atom. The molecule has 0 atom stereocenters.